The van der Waals surface area contributed by atoms with E-state index in [0.717, 1.165) is 0 Å². The van der Waals surface area contributed by atoms with Crippen molar-refractivity contribution in [1.29, 1.82) is 0 Å². The highest BCUT2D eigenvalue weighted by Crippen LogP contribution is 2.41. The predicted molar refractivity (Wildman–Crippen MR) is 185 cm³/mol. The molecule has 0 spiro atoms. The van der Waals surface area contributed by atoms with E-state index in [0.29, 0.717) is 22.9 Å². The number of carbonyl (C=O) groups is 1. The molecule has 0 fully saturated rings. The van der Waals surface area contributed by atoms with E-state index in [4.69, 9.17) is 23.7 Å². The molecule has 17 heteroatoms. The lowest BCUT2D eigenvalue weighted by Crippen LogP contribution is -2.30. The number of hydrogen-bond donors (Lipinski definition) is 3. The Balaban J connectivity index is 0.00000276. The molecule has 0 radical (unpaired) electrons. The van der Waals surface area contributed by atoms with Gasteiger partial charge in [-0.1, -0.05) is 44.2 Å². The van der Waals surface area contributed by atoms with Crippen molar-refractivity contribution in [2.24, 2.45) is 0 Å². The minimum Gasteiger partial charge on any atom is -0.497 e. The predicted octanol–water partition coefficient (Wildman–Crippen LogP) is 5.24. The molecule has 5 aromatic rings. The summed E-state index contributed by atoms with van der Waals surface area (Å²) in [6.07, 6.45) is 3.70. The first-order valence-electron chi connectivity index (χ1n) is 15.2. The SMILES string of the molecule is CC.COc1ccc(CNS(=O)(=O)Nc2nc(-c3ncccn3)nc(OCCOC(=O)Nc3ccccn3)c2Oc2ccccc2OC)cc1. The smallest absolute Gasteiger partial charge is 0.412 e. The fraction of sp³-hybridized carbons (Fsp3) is 0.212. The molecule has 5 rings (SSSR count). The van der Waals surface area contributed by atoms with Gasteiger partial charge in [0.2, 0.25) is 11.6 Å². The zero-order chi connectivity index (χ0) is 35.8. The zero-order valence-electron chi connectivity index (χ0n) is 27.7. The van der Waals surface area contributed by atoms with Crippen molar-refractivity contribution in [1.82, 2.24) is 29.6 Å². The number of amides is 1. The monoisotopic (exact) mass is 704 g/mol. The summed E-state index contributed by atoms with van der Waals surface area (Å²) in [6, 6.07) is 20.1. The van der Waals surface area contributed by atoms with Crippen LogP contribution in [0.4, 0.5) is 16.4 Å². The molecule has 0 saturated heterocycles. The van der Waals surface area contributed by atoms with Crippen LogP contribution in [0.15, 0.2) is 91.4 Å². The number of pyridine rings is 1. The summed E-state index contributed by atoms with van der Waals surface area (Å²) >= 11 is 0. The van der Waals surface area contributed by atoms with Crippen molar-refractivity contribution < 1.29 is 36.9 Å². The molecule has 0 saturated carbocycles. The van der Waals surface area contributed by atoms with Gasteiger partial charge in [-0.2, -0.15) is 18.1 Å². The van der Waals surface area contributed by atoms with E-state index >= 15 is 0 Å². The summed E-state index contributed by atoms with van der Waals surface area (Å²) in [4.78, 5) is 33.4. The Kier molecular flexibility index (Phi) is 13.6. The number of methoxy groups -OCH3 is 2. The highest BCUT2D eigenvalue weighted by molar-refractivity contribution is 7.90. The van der Waals surface area contributed by atoms with Crippen LogP contribution in [0, 0.1) is 0 Å². The number of hydrogen-bond acceptors (Lipinski definition) is 13. The third kappa shape index (κ3) is 10.7. The van der Waals surface area contributed by atoms with Crippen molar-refractivity contribution in [3.05, 3.63) is 97.0 Å². The highest BCUT2D eigenvalue weighted by atomic mass is 32.2. The van der Waals surface area contributed by atoms with E-state index in [1.54, 1.807) is 72.8 Å². The summed E-state index contributed by atoms with van der Waals surface area (Å²) in [5.41, 5.74) is 0.670. The van der Waals surface area contributed by atoms with Crippen molar-refractivity contribution in [2.75, 3.05) is 37.5 Å². The normalized spacial score (nSPS) is 10.6. The molecule has 0 aliphatic carbocycles. The van der Waals surface area contributed by atoms with Gasteiger partial charge in [0.1, 0.15) is 24.8 Å². The van der Waals surface area contributed by atoms with Crippen LogP contribution in [0.5, 0.6) is 28.9 Å². The topological polar surface area (TPSA) is 198 Å². The fourth-order valence-corrected chi connectivity index (χ4v) is 4.77. The molecule has 16 nitrogen and oxygen atoms in total. The molecule has 2 aromatic carbocycles. The Morgan fingerprint density at radius 2 is 1.46 bits per heavy atom. The number of anilines is 2. The van der Waals surface area contributed by atoms with Gasteiger partial charge in [-0.15, -0.1) is 0 Å². The number of rotatable bonds is 15. The molecule has 50 heavy (non-hydrogen) atoms. The number of ether oxygens (including phenoxy) is 5. The second-order valence-corrected chi connectivity index (χ2v) is 11.0. The summed E-state index contributed by atoms with van der Waals surface area (Å²) in [7, 11) is -1.29. The van der Waals surface area contributed by atoms with Crippen molar-refractivity contribution >= 4 is 27.9 Å². The minimum atomic E-state index is -4.27. The molecule has 0 bridgehead atoms. The molecule has 0 atom stereocenters. The Hall–Kier alpha value is -6.07. The Morgan fingerprint density at radius 1 is 0.760 bits per heavy atom. The first-order chi connectivity index (χ1) is 24.3. The average molecular weight is 705 g/mol. The Labute approximate surface area is 289 Å². The van der Waals surface area contributed by atoms with Crippen LogP contribution in [0.2, 0.25) is 0 Å². The second-order valence-electron chi connectivity index (χ2n) is 9.45. The number of aromatic nitrogens is 5. The van der Waals surface area contributed by atoms with Gasteiger partial charge >= 0.3 is 16.3 Å². The van der Waals surface area contributed by atoms with E-state index in [9.17, 15) is 13.2 Å². The van der Waals surface area contributed by atoms with Crippen molar-refractivity contribution in [2.45, 2.75) is 20.4 Å². The Morgan fingerprint density at radius 3 is 2.14 bits per heavy atom. The molecule has 1 amide bonds. The lowest BCUT2D eigenvalue weighted by atomic mass is 10.2. The van der Waals surface area contributed by atoms with Gasteiger partial charge in [-0.05, 0) is 48.0 Å². The highest BCUT2D eigenvalue weighted by Gasteiger charge is 2.25. The number of carbonyl (C=O) groups excluding carboxylic acids is 1. The van der Waals surface area contributed by atoms with Crippen LogP contribution in [-0.2, 0) is 21.5 Å². The van der Waals surface area contributed by atoms with Gasteiger partial charge in [0.05, 0.1) is 14.2 Å². The maximum Gasteiger partial charge on any atom is 0.412 e. The van der Waals surface area contributed by atoms with Crippen LogP contribution < -0.4 is 33.7 Å². The third-order valence-electron chi connectivity index (χ3n) is 6.19. The van der Waals surface area contributed by atoms with Gasteiger partial charge in [-0.25, -0.2) is 24.7 Å². The van der Waals surface area contributed by atoms with Crippen LogP contribution >= 0.6 is 0 Å². The summed E-state index contributed by atoms with van der Waals surface area (Å²) in [6.45, 7) is 3.51. The van der Waals surface area contributed by atoms with Crippen LogP contribution in [-0.4, -0.2) is 66.9 Å². The standard InChI is InChI=1S/C31H30N8O8S.C2H6/c1-43-22-13-11-21(12-14-22)20-35-48(41,42)39-27-26(47-24-9-4-3-8-23(24)44-2)30(38-29(37-27)28-33-16-7-17-34-28)45-18-19-46-31(40)36-25-10-5-6-15-32-25;1-2/h3-17,35H,18-20H2,1-2H3,(H,32,36,40)(H,37,38,39);1-2H3. The number of nitrogens with zero attached hydrogens (tertiary/aromatic N) is 5. The van der Waals surface area contributed by atoms with Crippen molar-refractivity contribution in [3.8, 4) is 40.5 Å². The van der Waals surface area contributed by atoms with Crippen LogP contribution in [0.3, 0.4) is 0 Å². The van der Waals surface area contributed by atoms with Gasteiger partial charge in [0.25, 0.3) is 5.88 Å². The van der Waals surface area contributed by atoms with Gasteiger partial charge in [0.15, 0.2) is 23.1 Å². The largest absolute Gasteiger partial charge is 0.497 e. The lowest BCUT2D eigenvalue weighted by Gasteiger charge is -2.18. The summed E-state index contributed by atoms with van der Waals surface area (Å²) in [5, 5.41) is 2.49. The third-order valence-corrected chi connectivity index (χ3v) is 7.17. The molecular formula is C33H36N8O8S. The van der Waals surface area contributed by atoms with E-state index in [-0.39, 0.29) is 54.6 Å². The van der Waals surface area contributed by atoms with E-state index in [2.05, 4.69) is 39.7 Å². The molecule has 3 heterocycles. The van der Waals surface area contributed by atoms with Gasteiger partial charge in [-0.3, -0.25) is 10.0 Å². The van der Waals surface area contributed by atoms with Crippen LogP contribution in [0.25, 0.3) is 11.6 Å². The summed E-state index contributed by atoms with van der Waals surface area (Å²) in [5.74, 6) is 0.729. The number of para-hydroxylation sites is 2. The molecule has 262 valence electrons. The van der Waals surface area contributed by atoms with E-state index < -0.39 is 16.3 Å². The molecular weight excluding hydrogens is 668 g/mol. The van der Waals surface area contributed by atoms with Crippen molar-refractivity contribution in [3.63, 3.8) is 0 Å². The number of benzene rings is 2. The molecule has 3 N–H and O–H groups in total. The lowest BCUT2D eigenvalue weighted by molar-refractivity contribution is 0.135. The quantitative estimate of drug-likeness (QED) is 0.120. The maximum absolute atomic E-state index is 13.3. The molecule has 0 unspecified atom stereocenters. The summed E-state index contributed by atoms with van der Waals surface area (Å²) < 4.78 is 59.4. The van der Waals surface area contributed by atoms with E-state index in [1.165, 1.54) is 32.8 Å². The van der Waals surface area contributed by atoms with Gasteiger partial charge in [0, 0.05) is 25.1 Å². The maximum atomic E-state index is 13.3. The molecule has 0 aliphatic rings. The fourth-order valence-electron chi connectivity index (χ4n) is 3.95. The molecule has 3 aromatic heterocycles. The number of nitrogens with one attached hydrogen (secondary N) is 3. The van der Waals surface area contributed by atoms with Crippen LogP contribution in [0.1, 0.15) is 19.4 Å². The second kappa shape index (κ2) is 18.5. The first-order valence-corrected chi connectivity index (χ1v) is 16.7. The molecule has 0 aliphatic heterocycles. The minimum absolute atomic E-state index is 0.0526. The first kappa shape index (κ1) is 36.8. The van der Waals surface area contributed by atoms with Gasteiger partial charge < -0.3 is 23.7 Å². The average Bonchev–Trinajstić information content (AvgIpc) is 3.15. The van der Waals surface area contributed by atoms with E-state index in [1.807, 2.05) is 13.8 Å². The Bertz CT molecular complexity index is 1920. The zero-order valence-corrected chi connectivity index (χ0v) is 28.5.